The van der Waals surface area contributed by atoms with Gasteiger partial charge in [-0.3, -0.25) is 14.9 Å². The molecule has 0 unspecified atom stereocenters. The van der Waals surface area contributed by atoms with E-state index in [1.54, 1.807) is 13.8 Å². The predicted molar refractivity (Wildman–Crippen MR) is 67.7 cm³/mol. The van der Waals surface area contributed by atoms with Crippen LogP contribution in [0.15, 0.2) is 18.2 Å². The summed E-state index contributed by atoms with van der Waals surface area (Å²) in [4.78, 5) is 20.9. The van der Waals surface area contributed by atoms with Gasteiger partial charge in [-0.05, 0) is 13.8 Å². The van der Waals surface area contributed by atoms with E-state index >= 15 is 0 Å². The number of amides is 1. The molecule has 0 saturated heterocycles. The minimum Gasteiger partial charge on any atom is -0.369 e. The van der Waals surface area contributed by atoms with E-state index in [0.29, 0.717) is 0 Å². The first-order chi connectivity index (χ1) is 8.75. The summed E-state index contributed by atoms with van der Waals surface area (Å²) >= 11 is 0. The average molecular weight is 269 g/mol. The molecule has 1 rings (SSSR count). The number of nitrogens with two attached hydrogens (primary N) is 1. The Morgan fingerprint density at radius 1 is 1.53 bits per heavy atom. The molecule has 0 bridgehead atoms. The van der Waals surface area contributed by atoms with Gasteiger partial charge in [0.2, 0.25) is 11.7 Å². The zero-order valence-electron chi connectivity index (χ0n) is 10.8. The molecule has 3 N–H and O–H groups in total. The van der Waals surface area contributed by atoms with E-state index in [-0.39, 0.29) is 18.7 Å². The van der Waals surface area contributed by atoms with Crippen molar-refractivity contribution in [2.75, 3.05) is 6.54 Å². The van der Waals surface area contributed by atoms with Gasteiger partial charge in [-0.2, -0.15) is 4.39 Å². The summed E-state index contributed by atoms with van der Waals surface area (Å²) < 4.78 is 13.7. The maximum atomic E-state index is 13.7. The van der Waals surface area contributed by atoms with Crippen molar-refractivity contribution in [3.63, 3.8) is 0 Å². The molecule has 0 spiro atoms. The number of benzene rings is 1. The molecule has 6 nitrogen and oxygen atoms in total. The Morgan fingerprint density at radius 3 is 2.68 bits per heavy atom. The van der Waals surface area contributed by atoms with Gasteiger partial charge in [0, 0.05) is 24.7 Å². The zero-order chi connectivity index (χ0) is 14.6. The number of rotatable bonds is 6. The first kappa shape index (κ1) is 15.0. The molecule has 0 fully saturated rings. The molecular formula is C12H16FN3O3. The van der Waals surface area contributed by atoms with Gasteiger partial charge in [0.1, 0.15) is 0 Å². The molecule has 1 aromatic rings. The minimum atomic E-state index is -0.864. The minimum absolute atomic E-state index is 0.0875. The fourth-order valence-corrected chi connectivity index (χ4v) is 1.44. The Kier molecular flexibility index (Phi) is 4.55. The van der Waals surface area contributed by atoms with Crippen LogP contribution in [0.1, 0.15) is 19.4 Å². The summed E-state index contributed by atoms with van der Waals surface area (Å²) in [7, 11) is 0. The van der Waals surface area contributed by atoms with Crippen molar-refractivity contribution in [2.45, 2.75) is 20.4 Å². The topological polar surface area (TPSA) is 98.3 Å². The molecule has 7 heteroatoms. The zero-order valence-corrected chi connectivity index (χ0v) is 10.8. The van der Waals surface area contributed by atoms with Crippen LogP contribution in [0.5, 0.6) is 0 Å². The first-order valence-corrected chi connectivity index (χ1v) is 5.68. The largest absolute Gasteiger partial charge is 0.369 e. The molecule has 0 atom stereocenters. The van der Waals surface area contributed by atoms with E-state index < -0.39 is 27.8 Å². The van der Waals surface area contributed by atoms with E-state index in [2.05, 4.69) is 5.32 Å². The van der Waals surface area contributed by atoms with Gasteiger partial charge in [-0.25, -0.2) is 0 Å². The summed E-state index contributed by atoms with van der Waals surface area (Å²) in [6, 6.07) is 3.97. The second kappa shape index (κ2) is 5.75. The number of carbonyl (C=O) groups is 1. The van der Waals surface area contributed by atoms with Crippen LogP contribution in [-0.2, 0) is 11.3 Å². The first-order valence-electron chi connectivity index (χ1n) is 5.68. The lowest BCUT2D eigenvalue weighted by atomic mass is 9.93. The SMILES string of the molecule is CC(C)(CNCc1cccc([N+](=O)[O-])c1F)C(N)=O. The Balaban J connectivity index is 2.72. The van der Waals surface area contributed by atoms with Crippen LogP contribution in [-0.4, -0.2) is 17.4 Å². The smallest absolute Gasteiger partial charge is 0.305 e. The number of nitro groups is 1. The van der Waals surface area contributed by atoms with E-state index in [0.717, 1.165) is 6.07 Å². The van der Waals surface area contributed by atoms with Crippen LogP contribution in [0.4, 0.5) is 10.1 Å². The second-order valence-corrected chi connectivity index (χ2v) is 4.86. The standard InChI is InChI=1S/C12H16FN3O3/c1-12(2,11(14)17)7-15-6-8-4-3-5-9(10(8)13)16(18)19/h3-5,15H,6-7H2,1-2H3,(H2,14,17). The second-order valence-electron chi connectivity index (χ2n) is 4.86. The maximum Gasteiger partial charge on any atom is 0.305 e. The highest BCUT2D eigenvalue weighted by Crippen LogP contribution is 2.20. The maximum absolute atomic E-state index is 13.7. The molecule has 1 amide bonds. The third-order valence-corrected chi connectivity index (χ3v) is 2.80. The van der Waals surface area contributed by atoms with Crippen LogP contribution in [0.25, 0.3) is 0 Å². The summed E-state index contributed by atoms with van der Waals surface area (Å²) in [5, 5.41) is 13.4. The summed E-state index contributed by atoms with van der Waals surface area (Å²) in [5.41, 5.74) is 4.05. The lowest BCUT2D eigenvalue weighted by Gasteiger charge is -2.20. The lowest BCUT2D eigenvalue weighted by Crippen LogP contribution is -2.40. The number of hydrogen-bond donors (Lipinski definition) is 2. The van der Waals surface area contributed by atoms with Crippen LogP contribution >= 0.6 is 0 Å². The monoisotopic (exact) mass is 269 g/mol. The number of halogens is 1. The molecule has 0 aliphatic heterocycles. The van der Waals surface area contributed by atoms with Gasteiger partial charge < -0.3 is 11.1 Å². The molecule has 0 aromatic heterocycles. The molecule has 0 aliphatic carbocycles. The third kappa shape index (κ3) is 3.72. The molecule has 0 radical (unpaired) electrons. The van der Waals surface area contributed by atoms with Crippen molar-refractivity contribution in [1.82, 2.24) is 5.32 Å². The Bertz CT molecular complexity index is 503. The molecule has 19 heavy (non-hydrogen) atoms. The molecule has 104 valence electrons. The number of nitrogens with one attached hydrogen (secondary N) is 1. The van der Waals surface area contributed by atoms with E-state index in [1.165, 1.54) is 12.1 Å². The summed E-state index contributed by atoms with van der Waals surface area (Å²) in [6.07, 6.45) is 0. The Labute approximate surface area is 109 Å². The summed E-state index contributed by atoms with van der Waals surface area (Å²) in [6.45, 7) is 3.66. The molecule has 1 aromatic carbocycles. The molecular weight excluding hydrogens is 253 g/mol. The van der Waals surface area contributed by atoms with Crippen molar-refractivity contribution >= 4 is 11.6 Å². The van der Waals surface area contributed by atoms with Crippen LogP contribution in [0.3, 0.4) is 0 Å². The number of carbonyl (C=O) groups excluding carboxylic acids is 1. The highest BCUT2D eigenvalue weighted by atomic mass is 19.1. The third-order valence-electron chi connectivity index (χ3n) is 2.80. The number of nitrogens with zero attached hydrogens (tertiary/aromatic N) is 1. The van der Waals surface area contributed by atoms with E-state index in [9.17, 15) is 19.3 Å². The van der Waals surface area contributed by atoms with Crippen LogP contribution in [0.2, 0.25) is 0 Å². The fraction of sp³-hybridized carbons (Fsp3) is 0.417. The Hall–Kier alpha value is -2.02. The molecule has 0 saturated carbocycles. The van der Waals surface area contributed by atoms with E-state index in [4.69, 9.17) is 5.73 Å². The van der Waals surface area contributed by atoms with Gasteiger partial charge in [-0.15, -0.1) is 0 Å². The van der Waals surface area contributed by atoms with Crippen molar-refractivity contribution in [1.29, 1.82) is 0 Å². The normalized spacial score (nSPS) is 11.3. The van der Waals surface area contributed by atoms with E-state index in [1.807, 2.05) is 0 Å². The van der Waals surface area contributed by atoms with Gasteiger partial charge in [0.05, 0.1) is 10.3 Å². The quantitative estimate of drug-likeness (QED) is 0.601. The summed E-state index contributed by atoms with van der Waals surface area (Å²) in [5.74, 6) is -1.34. The molecule has 0 heterocycles. The van der Waals surface area contributed by atoms with Crippen molar-refractivity contribution in [2.24, 2.45) is 11.1 Å². The highest BCUT2D eigenvalue weighted by Gasteiger charge is 2.24. The van der Waals surface area contributed by atoms with Crippen LogP contribution in [0, 0.1) is 21.3 Å². The number of primary amides is 1. The lowest BCUT2D eigenvalue weighted by molar-refractivity contribution is -0.387. The Morgan fingerprint density at radius 2 is 2.16 bits per heavy atom. The van der Waals surface area contributed by atoms with Gasteiger partial charge in [0.15, 0.2) is 0 Å². The van der Waals surface area contributed by atoms with Gasteiger partial charge >= 0.3 is 5.69 Å². The average Bonchev–Trinajstić information content (AvgIpc) is 2.30. The van der Waals surface area contributed by atoms with Crippen molar-refractivity contribution < 1.29 is 14.1 Å². The van der Waals surface area contributed by atoms with Crippen LogP contribution < -0.4 is 11.1 Å². The highest BCUT2D eigenvalue weighted by molar-refractivity contribution is 5.80. The van der Waals surface area contributed by atoms with Crippen molar-refractivity contribution in [3.8, 4) is 0 Å². The molecule has 0 aliphatic rings. The van der Waals surface area contributed by atoms with Gasteiger partial charge in [0.25, 0.3) is 0 Å². The van der Waals surface area contributed by atoms with Crippen molar-refractivity contribution in [3.05, 3.63) is 39.7 Å². The predicted octanol–water partition coefficient (Wildman–Crippen LogP) is 1.33. The number of hydrogen-bond acceptors (Lipinski definition) is 4. The fourth-order valence-electron chi connectivity index (χ4n) is 1.44. The van der Waals surface area contributed by atoms with Gasteiger partial charge in [-0.1, -0.05) is 12.1 Å². The number of nitro benzene ring substituents is 1.